The topological polar surface area (TPSA) is 46.5 Å². The van der Waals surface area contributed by atoms with Gasteiger partial charge in [0.2, 0.25) is 0 Å². The van der Waals surface area contributed by atoms with Crippen molar-refractivity contribution in [3.8, 4) is 5.75 Å². The van der Waals surface area contributed by atoms with E-state index in [2.05, 4.69) is 0 Å². The lowest BCUT2D eigenvalue weighted by Gasteiger charge is -2.03. The molecule has 0 saturated carbocycles. The van der Waals surface area contributed by atoms with Crippen LogP contribution in [0, 0.1) is 0 Å². The van der Waals surface area contributed by atoms with E-state index in [1.165, 1.54) is 0 Å². The Bertz CT molecular complexity index is 294. The van der Waals surface area contributed by atoms with Crippen LogP contribution in [-0.4, -0.2) is 17.7 Å². The molecular weight excluding hydrogens is 339 g/mol. The van der Waals surface area contributed by atoms with Gasteiger partial charge in [0.05, 0.1) is 5.02 Å². The van der Waals surface area contributed by atoms with Crippen molar-refractivity contribution in [1.82, 2.24) is 0 Å². The maximum Gasteiger partial charge on any atom is 0.341 e. The van der Waals surface area contributed by atoms with Gasteiger partial charge in [-0.2, -0.15) is 0 Å². The second-order valence-corrected chi connectivity index (χ2v) is 2.52. The van der Waals surface area contributed by atoms with Crippen molar-refractivity contribution in [3.05, 3.63) is 29.3 Å². The largest absolute Gasteiger partial charge is 0.480 e. The number of carbonyl (C=O) groups is 1. The van der Waals surface area contributed by atoms with Gasteiger partial charge in [0, 0.05) is 0 Å². The molecule has 0 amide bonds. The molecule has 0 radical (unpaired) electrons. The molecule has 0 aliphatic rings. The number of carboxylic acid groups (broad SMARTS) is 1. The molecule has 1 rings (SSSR count). The fourth-order valence-electron chi connectivity index (χ4n) is 0.701. The maximum absolute atomic E-state index is 10.1. The molecule has 0 saturated heterocycles. The molecule has 0 aliphatic heterocycles. The Kier molecular flexibility index (Phi) is 9.34. The Hall–Kier alpha value is -0.260. The molecule has 0 heterocycles. The number of hydrogen-bond donors (Lipinski definition) is 1. The van der Waals surface area contributed by atoms with Crippen molar-refractivity contribution < 1.29 is 14.6 Å². The van der Waals surface area contributed by atoms with E-state index in [0.29, 0.717) is 10.8 Å². The molecule has 6 heteroatoms. The van der Waals surface area contributed by atoms with Crippen molar-refractivity contribution in [3.63, 3.8) is 0 Å². The molecule has 3 nitrogen and oxygen atoms in total. The van der Waals surface area contributed by atoms with Crippen molar-refractivity contribution in [2.75, 3.05) is 6.61 Å². The predicted molar refractivity (Wildman–Crippen MR) is 65.2 cm³/mol. The normalized spacial score (nSPS) is 8.07. The molecule has 0 unspecified atom stereocenters. The van der Waals surface area contributed by atoms with Crippen LogP contribution < -0.4 is 4.74 Å². The summed E-state index contributed by atoms with van der Waals surface area (Å²) in [6.07, 6.45) is 0. The van der Waals surface area contributed by atoms with Gasteiger partial charge in [-0.15, -0.1) is 34.0 Å². The molecule has 1 aromatic rings. The van der Waals surface area contributed by atoms with Gasteiger partial charge in [-0.3, -0.25) is 0 Å². The number of ether oxygens (including phenoxy) is 1. The van der Waals surface area contributed by atoms with Gasteiger partial charge in [0.15, 0.2) is 6.61 Å². The molecule has 0 bridgehead atoms. The Labute approximate surface area is 108 Å². The third-order valence-electron chi connectivity index (χ3n) is 1.19. The lowest BCUT2D eigenvalue weighted by atomic mass is 10.3. The lowest BCUT2D eigenvalue weighted by molar-refractivity contribution is -0.139. The summed E-state index contributed by atoms with van der Waals surface area (Å²) in [6, 6.07) is 6.73. The average molecular weight is 348 g/mol. The van der Waals surface area contributed by atoms with Crippen LogP contribution in [-0.2, 0) is 4.79 Å². The maximum atomic E-state index is 10.1. The van der Waals surface area contributed by atoms with E-state index < -0.39 is 5.97 Å². The minimum Gasteiger partial charge on any atom is -0.480 e. The summed E-state index contributed by atoms with van der Waals surface area (Å²) in [5, 5.41) is 8.71. The number of hydrogen-bond acceptors (Lipinski definition) is 2. The third kappa shape index (κ3) is 5.47. The zero-order valence-corrected chi connectivity index (χ0v) is 11.2. The van der Waals surface area contributed by atoms with Gasteiger partial charge >= 0.3 is 5.97 Å². The highest BCUT2D eigenvalue weighted by Crippen LogP contribution is 2.22. The van der Waals surface area contributed by atoms with E-state index in [4.69, 9.17) is 21.4 Å². The van der Waals surface area contributed by atoms with Gasteiger partial charge in [0.1, 0.15) is 5.75 Å². The highest BCUT2D eigenvalue weighted by atomic mass is 79.9. The van der Waals surface area contributed by atoms with Crippen molar-refractivity contribution in [2.45, 2.75) is 0 Å². The summed E-state index contributed by atoms with van der Waals surface area (Å²) >= 11 is 5.69. The van der Waals surface area contributed by atoms with E-state index in [1.807, 2.05) is 0 Å². The van der Waals surface area contributed by atoms with Crippen LogP contribution in [0.25, 0.3) is 0 Å². The van der Waals surface area contributed by atoms with Crippen LogP contribution in [0.2, 0.25) is 5.02 Å². The minimum absolute atomic E-state index is 0. The number of para-hydroxylation sites is 1. The van der Waals surface area contributed by atoms with E-state index in [-0.39, 0.29) is 40.6 Å². The monoisotopic (exact) mass is 346 g/mol. The first-order chi connectivity index (χ1) is 5.70. The molecule has 0 fully saturated rings. The van der Waals surface area contributed by atoms with E-state index in [1.54, 1.807) is 24.3 Å². The fourth-order valence-corrected chi connectivity index (χ4v) is 0.892. The van der Waals surface area contributed by atoms with E-state index >= 15 is 0 Å². The molecule has 1 aromatic carbocycles. The van der Waals surface area contributed by atoms with Crippen LogP contribution in [0.15, 0.2) is 24.3 Å². The van der Waals surface area contributed by atoms with Crippen LogP contribution in [0.4, 0.5) is 0 Å². The second-order valence-electron chi connectivity index (χ2n) is 2.11. The van der Waals surface area contributed by atoms with Crippen molar-refractivity contribution in [2.24, 2.45) is 0 Å². The standard InChI is InChI=1S/C8H7ClO3.2BrH/c9-6-3-1-2-4-7(6)12-5-8(10)11;;/h1-4H,5H2,(H,10,11);2*1H. The van der Waals surface area contributed by atoms with E-state index in [9.17, 15) is 4.79 Å². The van der Waals surface area contributed by atoms with Crippen molar-refractivity contribution >= 4 is 51.5 Å². The summed E-state index contributed by atoms with van der Waals surface area (Å²) in [5.41, 5.74) is 0. The van der Waals surface area contributed by atoms with Crippen LogP contribution in [0.5, 0.6) is 5.75 Å². The van der Waals surface area contributed by atoms with Gasteiger partial charge < -0.3 is 9.84 Å². The van der Waals surface area contributed by atoms with E-state index in [0.717, 1.165) is 0 Å². The van der Waals surface area contributed by atoms with Crippen molar-refractivity contribution in [1.29, 1.82) is 0 Å². The first-order valence-corrected chi connectivity index (χ1v) is 3.67. The quantitative estimate of drug-likeness (QED) is 0.914. The predicted octanol–water partition coefficient (Wildman–Crippen LogP) is 2.96. The SMILES string of the molecule is Br.Br.O=C(O)COc1ccccc1Cl. The number of halogens is 3. The highest BCUT2D eigenvalue weighted by molar-refractivity contribution is 8.93. The average Bonchev–Trinajstić information content (AvgIpc) is 2.03. The zero-order chi connectivity index (χ0) is 8.97. The van der Waals surface area contributed by atoms with Crippen LogP contribution >= 0.6 is 45.6 Å². The summed E-state index contributed by atoms with van der Waals surface area (Å²) in [4.78, 5) is 10.1. The van der Waals surface area contributed by atoms with Crippen LogP contribution in [0.1, 0.15) is 0 Å². The number of aliphatic carboxylic acids is 1. The Morgan fingerprint density at radius 3 is 2.43 bits per heavy atom. The molecule has 0 aromatic heterocycles. The number of rotatable bonds is 3. The molecule has 14 heavy (non-hydrogen) atoms. The number of carboxylic acids is 1. The van der Waals surface area contributed by atoms with Gasteiger partial charge in [0.25, 0.3) is 0 Å². The molecule has 0 atom stereocenters. The summed E-state index contributed by atoms with van der Waals surface area (Å²) in [7, 11) is 0. The Balaban J connectivity index is 0. The fraction of sp³-hybridized carbons (Fsp3) is 0.125. The van der Waals surface area contributed by atoms with Gasteiger partial charge in [-0.25, -0.2) is 4.79 Å². The number of benzene rings is 1. The third-order valence-corrected chi connectivity index (χ3v) is 1.50. The molecule has 0 spiro atoms. The highest BCUT2D eigenvalue weighted by Gasteiger charge is 2.01. The minimum atomic E-state index is -1.02. The van der Waals surface area contributed by atoms with Gasteiger partial charge in [-0.05, 0) is 12.1 Å². The Morgan fingerprint density at radius 1 is 1.36 bits per heavy atom. The first-order valence-electron chi connectivity index (χ1n) is 3.29. The van der Waals surface area contributed by atoms with Gasteiger partial charge in [-0.1, -0.05) is 23.7 Å². The molecule has 0 aliphatic carbocycles. The summed E-state index contributed by atoms with van der Waals surface area (Å²) in [5.74, 6) is -0.628. The molecular formula is C8H9Br2ClO3. The summed E-state index contributed by atoms with van der Waals surface area (Å²) in [6.45, 7) is -0.371. The second kappa shape index (κ2) is 8.08. The smallest absolute Gasteiger partial charge is 0.341 e. The first kappa shape index (κ1) is 16.2. The Morgan fingerprint density at radius 2 is 1.93 bits per heavy atom. The van der Waals surface area contributed by atoms with Crippen LogP contribution in [0.3, 0.4) is 0 Å². The molecule has 1 N–H and O–H groups in total. The zero-order valence-electron chi connectivity index (χ0n) is 6.97. The summed E-state index contributed by atoms with van der Waals surface area (Å²) < 4.78 is 4.87. The lowest BCUT2D eigenvalue weighted by Crippen LogP contribution is -2.09. The molecule has 80 valence electrons.